The average Bonchev–Trinajstić information content (AvgIpc) is 3.71. The molecule has 0 unspecified atom stereocenters. The number of nitrogens with zero attached hydrogens (tertiary/aromatic N) is 3. The number of unbranched alkanes of at least 4 members (excludes halogenated alkanes) is 1. The molecule has 1 aromatic heterocycles. The number of carbonyl (C=O) groups excluding carboxylic acids is 2. The van der Waals surface area contributed by atoms with Gasteiger partial charge in [0, 0.05) is 22.8 Å². The molecule has 3 aromatic carbocycles. The zero-order chi connectivity index (χ0) is 30.8. The van der Waals surface area contributed by atoms with Crippen molar-refractivity contribution >= 4 is 57.3 Å². The van der Waals surface area contributed by atoms with Gasteiger partial charge in [-0.25, -0.2) is 0 Å². The van der Waals surface area contributed by atoms with Crippen molar-refractivity contribution in [3.05, 3.63) is 99.6 Å². The third-order valence-corrected chi connectivity index (χ3v) is 9.81. The van der Waals surface area contributed by atoms with E-state index < -0.39 is 17.7 Å². The van der Waals surface area contributed by atoms with Crippen LogP contribution in [0.5, 0.6) is 11.5 Å². The maximum Gasteiger partial charge on any atom is 0.301 e. The van der Waals surface area contributed by atoms with Crippen molar-refractivity contribution in [2.75, 3.05) is 11.5 Å². The van der Waals surface area contributed by atoms with Crippen LogP contribution in [0.25, 0.3) is 5.76 Å². The minimum atomic E-state index is -0.935. The van der Waals surface area contributed by atoms with E-state index in [1.54, 1.807) is 12.1 Å². The molecule has 4 aromatic rings. The van der Waals surface area contributed by atoms with Crippen LogP contribution < -0.4 is 14.4 Å². The van der Waals surface area contributed by atoms with Gasteiger partial charge in [0.05, 0.1) is 18.2 Å². The number of ketones is 1. The molecule has 1 saturated heterocycles. The van der Waals surface area contributed by atoms with Gasteiger partial charge in [0.15, 0.2) is 4.34 Å². The van der Waals surface area contributed by atoms with Crippen molar-refractivity contribution in [3.8, 4) is 11.5 Å². The van der Waals surface area contributed by atoms with Gasteiger partial charge in [-0.1, -0.05) is 72.3 Å². The number of aliphatic hydroxyl groups is 1. The molecule has 0 bridgehead atoms. The van der Waals surface area contributed by atoms with Gasteiger partial charge in [-0.15, -0.1) is 10.2 Å². The highest BCUT2D eigenvalue weighted by molar-refractivity contribution is 8.00. The highest BCUT2D eigenvalue weighted by Crippen LogP contribution is 2.45. The lowest BCUT2D eigenvalue weighted by Crippen LogP contribution is -2.29. The molecule has 1 N–H and O–H groups in total. The van der Waals surface area contributed by atoms with E-state index in [1.807, 2.05) is 61.5 Å². The van der Waals surface area contributed by atoms with Crippen LogP contribution >= 0.6 is 34.7 Å². The first kappa shape index (κ1) is 30.2. The van der Waals surface area contributed by atoms with Crippen LogP contribution in [0.3, 0.4) is 0 Å². The third kappa shape index (κ3) is 6.20. The summed E-state index contributed by atoms with van der Waals surface area (Å²) in [6.07, 6.45) is 2.59. The number of anilines is 1. The van der Waals surface area contributed by atoms with Crippen LogP contribution in [0.15, 0.2) is 76.6 Å². The Morgan fingerprint density at radius 1 is 1.14 bits per heavy atom. The van der Waals surface area contributed by atoms with E-state index in [-0.39, 0.29) is 22.6 Å². The number of rotatable bonds is 10. The first-order chi connectivity index (χ1) is 21.3. The number of ether oxygens (including phenoxy) is 2. The second kappa shape index (κ2) is 13.0. The van der Waals surface area contributed by atoms with Crippen molar-refractivity contribution in [2.24, 2.45) is 0 Å². The first-order valence-electron chi connectivity index (χ1n) is 14.4. The van der Waals surface area contributed by atoms with Crippen molar-refractivity contribution in [2.45, 2.75) is 55.3 Å². The summed E-state index contributed by atoms with van der Waals surface area (Å²) in [5, 5.41) is 21.2. The zero-order valence-electron chi connectivity index (χ0n) is 24.2. The van der Waals surface area contributed by atoms with E-state index in [0.29, 0.717) is 45.0 Å². The first-order valence-corrected chi connectivity index (χ1v) is 16.5. The number of aliphatic hydroxyl groups excluding tert-OH is 1. The maximum atomic E-state index is 13.7. The number of carbonyl (C=O) groups is 2. The molecule has 6 rings (SSSR count). The summed E-state index contributed by atoms with van der Waals surface area (Å²) in [4.78, 5) is 28.7. The number of benzene rings is 3. The van der Waals surface area contributed by atoms with Crippen LogP contribution in [0, 0.1) is 0 Å². The molecule has 0 saturated carbocycles. The van der Waals surface area contributed by atoms with Crippen LogP contribution in [0.4, 0.5) is 5.13 Å². The number of thioether (sulfide) groups is 1. The number of aromatic nitrogens is 2. The lowest BCUT2D eigenvalue weighted by molar-refractivity contribution is -0.132. The fourth-order valence-electron chi connectivity index (χ4n) is 5.26. The van der Waals surface area contributed by atoms with Crippen molar-refractivity contribution < 1.29 is 24.2 Å². The topological polar surface area (TPSA) is 102 Å². The summed E-state index contributed by atoms with van der Waals surface area (Å²) in [7, 11) is 0. The molecule has 44 heavy (non-hydrogen) atoms. The molecule has 2 aliphatic heterocycles. The number of Topliss-reactive ketones (excluding diaryl/α,β-unsaturated/α-hetero) is 1. The van der Waals surface area contributed by atoms with Crippen LogP contribution in [0.1, 0.15) is 55.0 Å². The molecule has 3 heterocycles. The number of hydrogen-bond donors (Lipinski definition) is 1. The Balaban J connectivity index is 1.38. The molecule has 11 heteroatoms. The molecule has 2 atom stereocenters. The lowest BCUT2D eigenvalue weighted by atomic mass is 9.94. The maximum absolute atomic E-state index is 13.7. The summed E-state index contributed by atoms with van der Waals surface area (Å²) in [5.74, 6) is 0.170. The van der Waals surface area contributed by atoms with Gasteiger partial charge in [0.1, 0.15) is 23.4 Å². The largest absolute Gasteiger partial charge is 0.507 e. The summed E-state index contributed by atoms with van der Waals surface area (Å²) >= 11 is 8.70. The Labute approximate surface area is 268 Å². The van der Waals surface area contributed by atoms with Gasteiger partial charge < -0.3 is 14.6 Å². The van der Waals surface area contributed by atoms with E-state index in [9.17, 15) is 14.7 Å². The van der Waals surface area contributed by atoms with Gasteiger partial charge in [-0.05, 0) is 72.5 Å². The Bertz CT molecular complexity index is 1740. The molecule has 1 fully saturated rings. The van der Waals surface area contributed by atoms with E-state index in [2.05, 4.69) is 17.1 Å². The van der Waals surface area contributed by atoms with Crippen molar-refractivity contribution in [1.29, 1.82) is 0 Å². The van der Waals surface area contributed by atoms with E-state index >= 15 is 0 Å². The van der Waals surface area contributed by atoms with Crippen molar-refractivity contribution in [1.82, 2.24) is 10.2 Å². The van der Waals surface area contributed by atoms with E-state index in [4.69, 9.17) is 21.1 Å². The number of amides is 1. The molecule has 0 aliphatic carbocycles. The normalized spacial score (nSPS) is 18.8. The Morgan fingerprint density at radius 2 is 1.95 bits per heavy atom. The molecule has 0 spiro atoms. The quantitative estimate of drug-likeness (QED) is 0.0469. The fraction of sp³-hybridized carbons (Fsp3) is 0.273. The second-order valence-electron chi connectivity index (χ2n) is 10.7. The predicted octanol–water partition coefficient (Wildman–Crippen LogP) is 7.61. The van der Waals surface area contributed by atoms with Crippen LogP contribution in [-0.4, -0.2) is 39.7 Å². The SMILES string of the molecule is CCCCOc1cccc([C@H]2C(=C(O)c3ccc4c(c3)C[C@H](C)O4)C(=O)C(=O)N2c2nnc(SCc3ccc(Cl)cc3)s2)c1. The molecular weight excluding hydrogens is 618 g/mol. The highest BCUT2D eigenvalue weighted by Gasteiger charge is 2.48. The third-order valence-electron chi connectivity index (χ3n) is 7.43. The zero-order valence-corrected chi connectivity index (χ0v) is 26.5. The summed E-state index contributed by atoms with van der Waals surface area (Å²) in [6, 6.07) is 19.2. The second-order valence-corrected chi connectivity index (χ2v) is 13.3. The Hall–Kier alpha value is -3.86. The molecular formula is C33H30ClN3O5S2. The van der Waals surface area contributed by atoms with E-state index in [1.165, 1.54) is 28.0 Å². The molecule has 2 aliphatic rings. The molecule has 226 valence electrons. The van der Waals surface area contributed by atoms with Gasteiger partial charge in [-0.2, -0.15) is 0 Å². The standard InChI is InChI=1S/C33H30ClN3O5S2/c1-3-4-14-41-25-7-5-6-21(17-25)28-27(29(38)22-10-13-26-23(16-22)15-19(2)42-26)30(39)31(40)37(28)32-35-36-33(44-32)43-18-20-8-11-24(34)12-9-20/h5-13,16-17,19,28,38H,3-4,14-15,18H2,1-2H3/t19-,28-/m0/s1. The van der Waals surface area contributed by atoms with E-state index in [0.717, 1.165) is 29.7 Å². The molecule has 8 nitrogen and oxygen atoms in total. The molecule has 0 radical (unpaired) electrons. The monoisotopic (exact) mass is 647 g/mol. The Morgan fingerprint density at radius 3 is 2.75 bits per heavy atom. The van der Waals surface area contributed by atoms with Crippen LogP contribution in [-0.2, 0) is 21.8 Å². The highest BCUT2D eigenvalue weighted by atomic mass is 35.5. The summed E-state index contributed by atoms with van der Waals surface area (Å²) in [5.41, 5.74) is 3.04. The van der Waals surface area contributed by atoms with Gasteiger partial charge in [0.25, 0.3) is 5.78 Å². The molecule has 1 amide bonds. The number of halogens is 1. The summed E-state index contributed by atoms with van der Waals surface area (Å²) < 4.78 is 12.4. The Kier molecular flexibility index (Phi) is 8.93. The van der Waals surface area contributed by atoms with Gasteiger partial charge in [-0.3, -0.25) is 14.5 Å². The number of hydrogen-bond acceptors (Lipinski definition) is 9. The predicted molar refractivity (Wildman–Crippen MR) is 173 cm³/mol. The fourth-order valence-corrected chi connectivity index (χ4v) is 7.21. The average molecular weight is 648 g/mol. The minimum Gasteiger partial charge on any atom is -0.507 e. The van der Waals surface area contributed by atoms with Gasteiger partial charge in [0.2, 0.25) is 5.13 Å². The summed E-state index contributed by atoms with van der Waals surface area (Å²) in [6.45, 7) is 4.61. The number of fused-ring (bicyclic) bond motifs is 1. The lowest BCUT2D eigenvalue weighted by Gasteiger charge is -2.23. The van der Waals surface area contributed by atoms with Crippen molar-refractivity contribution in [3.63, 3.8) is 0 Å². The smallest absolute Gasteiger partial charge is 0.301 e. The minimum absolute atomic E-state index is 0.0156. The van der Waals surface area contributed by atoms with Gasteiger partial charge >= 0.3 is 5.91 Å². The van der Waals surface area contributed by atoms with Crippen LogP contribution in [0.2, 0.25) is 5.02 Å².